The number of hydrogen-bond acceptors (Lipinski definition) is 3. The van der Waals surface area contributed by atoms with Crippen LogP contribution in [-0.4, -0.2) is 22.9 Å². The Morgan fingerprint density at radius 2 is 2.00 bits per heavy atom. The fourth-order valence-corrected chi connectivity index (χ4v) is 4.08. The molecule has 1 amide bonds. The third-order valence-corrected chi connectivity index (χ3v) is 6.11. The van der Waals surface area contributed by atoms with Gasteiger partial charge in [-0.3, -0.25) is 5.32 Å². The average molecular weight is 460 g/mol. The van der Waals surface area contributed by atoms with Gasteiger partial charge in [-0.25, -0.2) is 4.79 Å². The second-order valence-electron chi connectivity index (χ2n) is 9.55. The van der Waals surface area contributed by atoms with Gasteiger partial charge in [-0.2, -0.15) is 0 Å². The zero-order valence-corrected chi connectivity index (χ0v) is 20.8. The van der Waals surface area contributed by atoms with Crippen LogP contribution in [0, 0.1) is 11.8 Å². The van der Waals surface area contributed by atoms with Gasteiger partial charge < -0.3 is 9.84 Å². The highest BCUT2D eigenvalue weighted by molar-refractivity contribution is 6.30. The standard InChI is InChI=1S/C27H38ClNO3/c1-19(2)22-13-12-20(3)8-6-9-21(4)16-25(18-27(5,31)15-14-22)32-26(30)29-24-11-7-10-23(28)17-24/h7-8,10-11,14-17,19,22,25,31H,6,9,12-13,18H2,1-5H3,(H,29,30)/b15-14+,20-8+,21-16+/t22-,25+,27-/m1/s1. The maximum absolute atomic E-state index is 12.6. The van der Waals surface area contributed by atoms with Crippen molar-refractivity contribution in [1.29, 1.82) is 0 Å². The van der Waals surface area contributed by atoms with Crippen molar-refractivity contribution in [3.63, 3.8) is 0 Å². The Labute approximate surface area is 198 Å². The molecule has 2 rings (SSSR count). The molecule has 0 radical (unpaired) electrons. The molecular weight excluding hydrogens is 422 g/mol. The van der Waals surface area contributed by atoms with Crippen molar-refractivity contribution in [1.82, 2.24) is 0 Å². The molecule has 0 saturated carbocycles. The summed E-state index contributed by atoms with van der Waals surface area (Å²) in [5.41, 5.74) is 2.00. The smallest absolute Gasteiger partial charge is 0.412 e. The topological polar surface area (TPSA) is 58.6 Å². The van der Waals surface area contributed by atoms with E-state index in [-0.39, 0.29) is 6.42 Å². The Hall–Kier alpha value is -2.04. The van der Waals surface area contributed by atoms with Gasteiger partial charge in [0, 0.05) is 17.1 Å². The number of carbonyl (C=O) groups excluding carboxylic acids is 1. The molecule has 0 aliphatic heterocycles. The van der Waals surface area contributed by atoms with Gasteiger partial charge in [-0.1, -0.05) is 60.9 Å². The molecule has 1 aliphatic rings. The maximum Gasteiger partial charge on any atom is 0.412 e. The predicted molar refractivity (Wildman–Crippen MR) is 134 cm³/mol. The monoisotopic (exact) mass is 459 g/mol. The van der Waals surface area contributed by atoms with Crippen molar-refractivity contribution >= 4 is 23.4 Å². The molecule has 1 aliphatic carbocycles. The van der Waals surface area contributed by atoms with Gasteiger partial charge in [-0.15, -0.1) is 0 Å². The number of nitrogens with one attached hydrogen (secondary N) is 1. The number of aliphatic hydroxyl groups is 1. The number of benzene rings is 1. The summed E-state index contributed by atoms with van der Waals surface area (Å²) in [6, 6.07) is 6.92. The minimum atomic E-state index is -1.10. The molecule has 176 valence electrons. The second-order valence-corrected chi connectivity index (χ2v) is 9.98. The molecule has 0 aromatic heterocycles. The highest BCUT2D eigenvalue weighted by Crippen LogP contribution is 2.26. The molecule has 2 N–H and O–H groups in total. The number of rotatable bonds is 3. The van der Waals surface area contributed by atoms with Crippen LogP contribution in [0.4, 0.5) is 10.5 Å². The lowest BCUT2D eigenvalue weighted by atomic mass is 9.86. The van der Waals surface area contributed by atoms with Gasteiger partial charge in [0.05, 0.1) is 5.60 Å². The summed E-state index contributed by atoms with van der Waals surface area (Å²) in [4.78, 5) is 12.6. The average Bonchev–Trinajstić information content (AvgIpc) is 2.66. The van der Waals surface area contributed by atoms with Crippen LogP contribution in [0.2, 0.25) is 5.02 Å². The second kappa shape index (κ2) is 12.3. The van der Waals surface area contributed by atoms with E-state index in [0.29, 0.717) is 22.5 Å². The Kier molecular flexibility index (Phi) is 10.0. The van der Waals surface area contributed by atoms with E-state index in [4.69, 9.17) is 16.3 Å². The Bertz CT molecular complexity index is 854. The van der Waals surface area contributed by atoms with Gasteiger partial charge >= 0.3 is 6.09 Å². The van der Waals surface area contributed by atoms with Crippen LogP contribution >= 0.6 is 11.6 Å². The van der Waals surface area contributed by atoms with Gasteiger partial charge in [0.1, 0.15) is 6.10 Å². The van der Waals surface area contributed by atoms with E-state index in [0.717, 1.165) is 31.3 Å². The van der Waals surface area contributed by atoms with Crippen molar-refractivity contribution in [2.24, 2.45) is 11.8 Å². The molecule has 0 fully saturated rings. The van der Waals surface area contributed by atoms with Crippen LogP contribution in [0.5, 0.6) is 0 Å². The normalized spacial score (nSPS) is 29.8. The minimum absolute atomic E-state index is 0.281. The van der Waals surface area contributed by atoms with Gasteiger partial charge in [0.2, 0.25) is 0 Å². The van der Waals surface area contributed by atoms with Crippen LogP contribution in [0.1, 0.15) is 66.7 Å². The minimum Gasteiger partial charge on any atom is -0.442 e. The third-order valence-electron chi connectivity index (χ3n) is 5.88. The summed E-state index contributed by atoms with van der Waals surface area (Å²) in [5.74, 6) is 0.871. The molecule has 32 heavy (non-hydrogen) atoms. The fourth-order valence-electron chi connectivity index (χ4n) is 3.89. The molecule has 0 unspecified atom stereocenters. The van der Waals surface area contributed by atoms with E-state index in [1.807, 2.05) is 19.1 Å². The lowest BCUT2D eigenvalue weighted by Gasteiger charge is -2.26. The van der Waals surface area contributed by atoms with Crippen molar-refractivity contribution < 1.29 is 14.6 Å². The maximum atomic E-state index is 12.6. The highest BCUT2D eigenvalue weighted by atomic mass is 35.5. The zero-order valence-electron chi connectivity index (χ0n) is 20.0. The number of amides is 1. The Morgan fingerprint density at radius 1 is 1.25 bits per heavy atom. The quantitative estimate of drug-likeness (QED) is 0.455. The SMILES string of the molecule is C/C1=C\[C@H](OC(=O)Nc2cccc(Cl)c2)C[C@](C)(O)/C=C/[C@H](C(C)C)CC/C(C)=C/CC1. The lowest BCUT2D eigenvalue weighted by molar-refractivity contribution is 0.0471. The van der Waals surface area contributed by atoms with Gasteiger partial charge in [-0.05, 0) is 82.6 Å². The first kappa shape index (κ1) is 26.2. The first-order valence-corrected chi connectivity index (χ1v) is 11.9. The van der Waals surface area contributed by atoms with Crippen LogP contribution in [-0.2, 0) is 4.74 Å². The summed E-state index contributed by atoms with van der Waals surface area (Å²) in [7, 11) is 0. The summed E-state index contributed by atoms with van der Waals surface area (Å²) in [5, 5.41) is 14.3. The molecule has 0 saturated heterocycles. The number of halogens is 1. The predicted octanol–water partition coefficient (Wildman–Crippen LogP) is 7.69. The Balaban J connectivity index is 2.22. The number of allylic oxidation sites excluding steroid dienone is 4. The number of anilines is 1. The number of ether oxygens (including phenoxy) is 1. The van der Waals surface area contributed by atoms with E-state index in [9.17, 15) is 9.90 Å². The van der Waals surface area contributed by atoms with E-state index < -0.39 is 17.8 Å². The third kappa shape index (κ3) is 9.62. The summed E-state index contributed by atoms with van der Waals surface area (Å²) in [6.07, 6.45) is 11.4. The van der Waals surface area contributed by atoms with Crippen LogP contribution in [0.15, 0.2) is 59.7 Å². The van der Waals surface area contributed by atoms with Crippen molar-refractivity contribution in [3.05, 3.63) is 64.7 Å². The fraction of sp³-hybridized carbons (Fsp3) is 0.519. The highest BCUT2D eigenvalue weighted by Gasteiger charge is 2.25. The first-order valence-electron chi connectivity index (χ1n) is 11.5. The molecule has 0 bridgehead atoms. The first-order chi connectivity index (χ1) is 15.0. The van der Waals surface area contributed by atoms with Crippen LogP contribution < -0.4 is 5.32 Å². The van der Waals surface area contributed by atoms with Gasteiger partial charge in [0.15, 0.2) is 0 Å². The van der Waals surface area contributed by atoms with E-state index in [1.54, 1.807) is 31.2 Å². The molecule has 5 heteroatoms. The molecule has 4 nitrogen and oxygen atoms in total. The number of hydrogen-bond donors (Lipinski definition) is 2. The van der Waals surface area contributed by atoms with Crippen molar-refractivity contribution in [2.75, 3.05) is 5.32 Å². The number of carbonyl (C=O) groups is 1. The molecule has 0 spiro atoms. The molecular formula is C27H38ClNO3. The van der Waals surface area contributed by atoms with Crippen LogP contribution in [0.25, 0.3) is 0 Å². The van der Waals surface area contributed by atoms with E-state index in [2.05, 4.69) is 38.2 Å². The van der Waals surface area contributed by atoms with E-state index in [1.165, 1.54) is 5.57 Å². The van der Waals surface area contributed by atoms with E-state index >= 15 is 0 Å². The molecule has 3 atom stereocenters. The largest absolute Gasteiger partial charge is 0.442 e. The molecule has 1 aromatic carbocycles. The summed E-state index contributed by atoms with van der Waals surface area (Å²) in [6.45, 7) is 10.4. The zero-order chi connectivity index (χ0) is 23.7. The molecule has 1 aromatic rings. The summed E-state index contributed by atoms with van der Waals surface area (Å²) < 4.78 is 5.72. The summed E-state index contributed by atoms with van der Waals surface area (Å²) >= 11 is 6.00. The van der Waals surface area contributed by atoms with Crippen LogP contribution in [0.3, 0.4) is 0 Å². The Morgan fingerprint density at radius 3 is 2.69 bits per heavy atom. The lowest BCUT2D eigenvalue weighted by Crippen LogP contribution is -2.31. The van der Waals surface area contributed by atoms with Crippen molar-refractivity contribution in [3.8, 4) is 0 Å². The van der Waals surface area contributed by atoms with Crippen molar-refractivity contribution in [2.45, 2.75) is 78.4 Å². The van der Waals surface area contributed by atoms with Gasteiger partial charge in [0.25, 0.3) is 0 Å². The molecule has 0 heterocycles.